The molecule has 3 rings (SSSR count). The summed E-state index contributed by atoms with van der Waals surface area (Å²) in [6, 6.07) is 12.5. The van der Waals surface area contributed by atoms with Gasteiger partial charge in [0, 0.05) is 27.4 Å². The minimum atomic E-state index is -0.317. The van der Waals surface area contributed by atoms with Crippen LogP contribution in [0.2, 0.25) is 5.02 Å². The topological polar surface area (TPSA) is 30.7 Å². The number of benzene rings is 2. The van der Waals surface area contributed by atoms with Gasteiger partial charge in [-0.05, 0) is 29.8 Å². The number of halogens is 3. The highest BCUT2D eigenvalue weighted by atomic mass is 79.9. The van der Waals surface area contributed by atoms with Gasteiger partial charge in [0.15, 0.2) is 11.0 Å². The molecule has 7 heteroatoms. The highest BCUT2D eigenvalue weighted by Crippen LogP contribution is 2.28. The highest BCUT2D eigenvalue weighted by molar-refractivity contribution is 9.10. The Labute approximate surface area is 163 Å². The van der Waals surface area contributed by atoms with Crippen molar-refractivity contribution in [3.05, 3.63) is 76.0 Å². The lowest BCUT2D eigenvalue weighted by Gasteiger charge is -2.08. The largest absolute Gasteiger partial charge is 0.298 e. The van der Waals surface area contributed by atoms with Crippen LogP contribution in [0.1, 0.15) is 5.56 Å². The fraction of sp³-hybridized carbons (Fsp3) is 0.111. The van der Waals surface area contributed by atoms with Gasteiger partial charge in [0.05, 0.1) is 0 Å². The van der Waals surface area contributed by atoms with Crippen molar-refractivity contribution in [2.75, 3.05) is 0 Å². The van der Waals surface area contributed by atoms with Crippen molar-refractivity contribution in [2.45, 2.75) is 17.5 Å². The zero-order valence-corrected chi connectivity index (χ0v) is 16.3. The zero-order chi connectivity index (χ0) is 17.8. The van der Waals surface area contributed by atoms with E-state index in [4.69, 9.17) is 11.6 Å². The van der Waals surface area contributed by atoms with E-state index in [2.05, 4.69) is 32.7 Å². The summed E-state index contributed by atoms with van der Waals surface area (Å²) in [7, 11) is 0. The van der Waals surface area contributed by atoms with Gasteiger partial charge in [-0.3, -0.25) is 4.57 Å². The smallest absolute Gasteiger partial charge is 0.192 e. The first-order valence-electron chi connectivity index (χ1n) is 7.45. The highest BCUT2D eigenvalue weighted by Gasteiger charge is 2.14. The van der Waals surface area contributed by atoms with E-state index >= 15 is 0 Å². The molecule has 0 atom stereocenters. The Hall–Kier alpha value is -1.63. The van der Waals surface area contributed by atoms with Crippen molar-refractivity contribution >= 4 is 39.3 Å². The van der Waals surface area contributed by atoms with Crippen molar-refractivity contribution in [1.82, 2.24) is 14.8 Å². The van der Waals surface area contributed by atoms with Gasteiger partial charge in [-0.2, -0.15) is 0 Å². The van der Waals surface area contributed by atoms with Crippen LogP contribution in [0.3, 0.4) is 0 Å². The summed E-state index contributed by atoms with van der Waals surface area (Å²) in [4.78, 5) is 0. The number of rotatable bonds is 6. The minimum absolute atomic E-state index is 0.317. The molecule has 25 heavy (non-hydrogen) atoms. The lowest BCUT2D eigenvalue weighted by Crippen LogP contribution is -2.01. The third-order valence-corrected chi connectivity index (χ3v) is 5.28. The van der Waals surface area contributed by atoms with Crippen LogP contribution >= 0.6 is 39.3 Å². The normalized spacial score (nSPS) is 10.8. The molecule has 1 aromatic heterocycles. The lowest BCUT2D eigenvalue weighted by atomic mass is 10.2. The SMILES string of the molecule is C=CCn1c(SCc2ccc(Cl)cc2F)nnc1-c1ccc(Br)cc1. The van der Waals surface area contributed by atoms with E-state index < -0.39 is 0 Å². The van der Waals surface area contributed by atoms with Crippen LogP contribution in [0.15, 0.2) is 64.7 Å². The van der Waals surface area contributed by atoms with Crippen LogP contribution in [-0.2, 0) is 12.3 Å². The van der Waals surface area contributed by atoms with Crippen molar-refractivity contribution in [3.63, 3.8) is 0 Å². The van der Waals surface area contributed by atoms with Crippen LogP contribution in [0, 0.1) is 5.82 Å². The first-order valence-corrected chi connectivity index (χ1v) is 9.61. The molecule has 1 heterocycles. The van der Waals surface area contributed by atoms with Crippen LogP contribution in [-0.4, -0.2) is 14.8 Å². The number of allylic oxidation sites excluding steroid dienone is 1. The Bertz CT molecular complexity index is 896. The van der Waals surface area contributed by atoms with Crippen molar-refractivity contribution in [1.29, 1.82) is 0 Å². The van der Waals surface area contributed by atoms with E-state index in [1.165, 1.54) is 17.8 Å². The number of hydrogen-bond donors (Lipinski definition) is 0. The van der Waals surface area contributed by atoms with E-state index in [9.17, 15) is 4.39 Å². The molecule has 2 aromatic carbocycles. The first kappa shape index (κ1) is 18.2. The monoisotopic (exact) mass is 437 g/mol. The van der Waals surface area contributed by atoms with Gasteiger partial charge in [0.25, 0.3) is 0 Å². The maximum absolute atomic E-state index is 13.9. The van der Waals surface area contributed by atoms with Gasteiger partial charge in [0.1, 0.15) is 5.82 Å². The van der Waals surface area contributed by atoms with Gasteiger partial charge in [-0.25, -0.2) is 4.39 Å². The van der Waals surface area contributed by atoms with E-state index in [0.717, 1.165) is 15.9 Å². The van der Waals surface area contributed by atoms with Crippen molar-refractivity contribution < 1.29 is 4.39 Å². The van der Waals surface area contributed by atoms with Crippen LogP contribution in [0.5, 0.6) is 0 Å². The Morgan fingerprint density at radius 2 is 1.96 bits per heavy atom. The molecular formula is C18H14BrClFN3S. The maximum Gasteiger partial charge on any atom is 0.192 e. The fourth-order valence-electron chi connectivity index (χ4n) is 2.28. The molecule has 0 fully saturated rings. The molecule has 0 bridgehead atoms. The molecule has 0 saturated heterocycles. The van der Waals surface area contributed by atoms with E-state index in [1.807, 2.05) is 28.8 Å². The molecule has 0 radical (unpaired) electrons. The molecule has 0 spiro atoms. The Kier molecular flexibility index (Phi) is 5.93. The molecule has 0 unspecified atom stereocenters. The average molecular weight is 439 g/mol. The number of hydrogen-bond acceptors (Lipinski definition) is 3. The van der Waals surface area contributed by atoms with E-state index in [-0.39, 0.29) is 5.82 Å². The van der Waals surface area contributed by atoms with Crippen molar-refractivity contribution in [3.8, 4) is 11.4 Å². The van der Waals surface area contributed by atoms with Gasteiger partial charge in [-0.1, -0.05) is 63.6 Å². The standard InChI is InChI=1S/C18H14BrClFN3S/c1-2-9-24-17(12-3-6-14(19)7-4-12)22-23-18(24)25-11-13-5-8-15(20)10-16(13)21/h2-8,10H,1,9,11H2. The summed E-state index contributed by atoms with van der Waals surface area (Å²) in [6.45, 7) is 4.37. The number of thioether (sulfide) groups is 1. The minimum Gasteiger partial charge on any atom is -0.298 e. The second-order valence-electron chi connectivity index (χ2n) is 5.24. The summed E-state index contributed by atoms with van der Waals surface area (Å²) in [5.41, 5.74) is 1.54. The summed E-state index contributed by atoms with van der Waals surface area (Å²) in [6.07, 6.45) is 1.79. The van der Waals surface area contributed by atoms with Crippen LogP contribution < -0.4 is 0 Å². The third-order valence-electron chi connectivity index (χ3n) is 3.50. The van der Waals surface area contributed by atoms with E-state index in [1.54, 1.807) is 18.2 Å². The van der Waals surface area contributed by atoms with Crippen LogP contribution in [0.4, 0.5) is 4.39 Å². The first-order chi connectivity index (χ1) is 12.1. The molecule has 0 aliphatic rings. The molecule has 0 aliphatic carbocycles. The second-order valence-corrected chi connectivity index (χ2v) is 7.53. The predicted molar refractivity (Wildman–Crippen MR) is 104 cm³/mol. The summed E-state index contributed by atoms with van der Waals surface area (Å²) < 4.78 is 16.9. The van der Waals surface area contributed by atoms with Crippen molar-refractivity contribution in [2.24, 2.45) is 0 Å². The molecule has 0 aliphatic heterocycles. The molecule has 0 N–H and O–H groups in total. The van der Waals surface area contributed by atoms with Gasteiger partial charge in [-0.15, -0.1) is 16.8 Å². The second kappa shape index (κ2) is 8.17. The molecule has 3 aromatic rings. The van der Waals surface area contributed by atoms with Gasteiger partial charge < -0.3 is 0 Å². The Morgan fingerprint density at radius 3 is 2.64 bits per heavy atom. The van der Waals surface area contributed by atoms with Gasteiger partial charge >= 0.3 is 0 Å². The van der Waals surface area contributed by atoms with Gasteiger partial charge in [0.2, 0.25) is 0 Å². The average Bonchev–Trinajstić information content (AvgIpc) is 2.98. The summed E-state index contributed by atoms with van der Waals surface area (Å²) in [5.74, 6) is 0.882. The molecular weight excluding hydrogens is 425 g/mol. The third kappa shape index (κ3) is 4.32. The quantitative estimate of drug-likeness (QED) is 0.350. The maximum atomic E-state index is 13.9. The molecule has 128 valence electrons. The van der Waals surface area contributed by atoms with Crippen LogP contribution in [0.25, 0.3) is 11.4 Å². The van der Waals surface area contributed by atoms with E-state index in [0.29, 0.717) is 28.0 Å². The molecule has 0 saturated carbocycles. The Balaban J connectivity index is 1.86. The number of nitrogens with zero attached hydrogens (tertiary/aromatic N) is 3. The number of aromatic nitrogens is 3. The summed E-state index contributed by atoms with van der Waals surface area (Å²) in [5, 5.41) is 9.66. The predicted octanol–water partition coefficient (Wildman–Crippen LogP) is 5.98. The zero-order valence-electron chi connectivity index (χ0n) is 13.1. The fourth-order valence-corrected chi connectivity index (χ4v) is 3.64. The Morgan fingerprint density at radius 1 is 1.20 bits per heavy atom. The summed E-state index contributed by atoms with van der Waals surface area (Å²) >= 11 is 10.7. The lowest BCUT2D eigenvalue weighted by molar-refractivity contribution is 0.617. The molecule has 0 amide bonds. The molecule has 3 nitrogen and oxygen atoms in total.